The van der Waals surface area contributed by atoms with Crippen LogP contribution in [-0.4, -0.2) is 37.3 Å². The van der Waals surface area contributed by atoms with Crippen molar-refractivity contribution in [3.05, 3.63) is 0 Å². The number of carboxylic acids is 1. The average molecular weight is 210 g/mol. The van der Waals surface area contributed by atoms with Crippen LogP contribution in [0.25, 0.3) is 0 Å². The van der Waals surface area contributed by atoms with E-state index >= 15 is 0 Å². The standard InChI is InChI=1S/C6H14N2O4S/c1-6(2,4-7)8-13(11,12)3-5(9)10/h8H,3-4,7H2,1-2H3,(H,9,10). The highest BCUT2D eigenvalue weighted by Crippen LogP contribution is 2.01. The number of hydrogen-bond donors (Lipinski definition) is 3. The summed E-state index contributed by atoms with van der Waals surface area (Å²) in [5.74, 6) is -2.32. The number of nitrogens with one attached hydrogen (secondary N) is 1. The largest absolute Gasteiger partial charge is 0.480 e. The molecule has 0 saturated heterocycles. The maximum absolute atomic E-state index is 11.1. The lowest BCUT2D eigenvalue weighted by Crippen LogP contribution is -2.50. The van der Waals surface area contributed by atoms with Gasteiger partial charge in [0.05, 0.1) is 0 Å². The van der Waals surface area contributed by atoms with Crippen LogP contribution in [0.15, 0.2) is 0 Å². The zero-order chi connectivity index (χ0) is 10.7. The van der Waals surface area contributed by atoms with Crippen LogP contribution in [0.1, 0.15) is 13.8 Å². The molecular formula is C6H14N2O4S. The molecule has 0 radical (unpaired) electrons. The Morgan fingerprint density at radius 2 is 2.00 bits per heavy atom. The molecule has 0 spiro atoms. The van der Waals surface area contributed by atoms with E-state index in [-0.39, 0.29) is 6.54 Å². The van der Waals surface area contributed by atoms with Crippen LogP contribution in [0.3, 0.4) is 0 Å². The molecule has 6 nitrogen and oxygen atoms in total. The van der Waals surface area contributed by atoms with Crippen molar-refractivity contribution in [3.8, 4) is 0 Å². The van der Waals surface area contributed by atoms with Crippen molar-refractivity contribution in [1.82, 2.24) is 4.72 Å². The lowest BCUT2D eigenvalue weighted by molar-refractivity contribution is -0.134. The van der Waals surface area contributed by atoms with Gasteiger partial charge in [-0.3, -0.25) is 4.79 Å². The Kier molecular flexibility index (Phi) is 3.83. The van der Waals surface area contributed by atoms with E-state index in [1.165, 1.54) is 0 Å². The van der Waals surface area contributed by atoms with Gasteiger partial charge in [0, 0.05) is 12.1 Å². The number of carboxylic acid groups (broad SMARTS) is 1. The minimum Gasteiger partial charge on any atom is -0.480 e. The second-order valence-electron chi connectivity index (χ2n) is 3.34. The lowest BCUT2D eigenvalue weighted by Gasteiger charge is -2.23. The minimum absolute atomic E-state index is 0.103. The molecule has 0 saturated carbocycles. The van der Waals surface area contributed by atoms with Gasteiger partial charge in [-0.2, -0.15) is 0 Å². The zero-order valence-electron chi connectivity index (χ0n) is 7.57. The summed E-state index contributed by atoms with van der Waals surface area (Å²) in [5, 5.41) is 8.27. The molecule has 0 aromatic rings. The Bertz CT molecular complexity index is 283. The van der Waals surface area contributed by atoms with E-state index < -0.39 is 27.3 Å². The molecule has 0 rings (SSSR count). The Hall–Kier alpha value is -0.660. The van der Waals surface area contributed by atoms with Gasteiger partial charge < -0.3 is 10.8 Å². The van der Waals surface area contributed by atoms with Crippen molar-refractivity contribution < 1.29 is 18.3 Å². The molecule has 0 aliphatic rings. The summed E-state index contributed by atoms with van der Waals surface area (Å²) >= 11 is 0. The van der Waals surface area contributed by atoms with Crippen molar-refractivity contribution >= 4 is 16.0 Å². The predicted octanol–water partition coefficient (Wildman–Crippen LogP) is -1.27. The van der Waals surface area contributed by atoms with E-state index in [4.69, 9.17) is 10.8 Å². The summed E-state index contributed by atoms with van der Waals surface area (Å²) in [5.41, 5.74) is 4.46. The van der Waals surface area contributed by atoms with E-state index in [0.717, 1.165) is 0 Å². The second kappa shape index (κ2) is 4.03. The van der Waals surface area contributed by atoms with Gasteiger partial charge in [-0.05, 0) is 13.8 Å². The van der Waals surface area contributed by atoms with E-state index in [1.54, 1.807) is 13.8 Å². The Labute approximate surface area is 77.2 Å². The number of sulfonamides is 1. The second-order valence-corrected chi connectivity index (χ2v) is 5.07. The monoisotopic (exact) mass is 210 g/mol. The van der Waals surface area contributed by atoms with Crippen LogP contribution < -0.4 is 10.5 Å². The fraction of sp³-hybridized carbons (Fsp3) is 0.833. The van der Waals surface area contributed by atoms with Crippen LogP contribution in [-0.2, 0) is 14.8 Å². The maximum atomic E-state index is 11.1. The molecule has 0 bridgehead atoms. The molecule has 13 heavy (non-hydrogen) atoms. The third-order valence-electron chi connectivity index (χ3n) is 1.26. The van der Waals surface area contributed by atoms with Gasteiger partial charge in [-0.1, -0.05) is 0 Å². The molecule has 0 unspecified atom stereocenters. The molecule has 0 fully saturated rings. The molecule has 0 heterocycles. The summed E-state index contributed by atoms with van der Waals surface area (Å²) < 4.78 is 24.3. The molecule has 4 N–H and O–H groups in total. The van der Waals surface area contributed by atoms with Gasteiger partial charge in [-0.25, -0.2) is 13.1 Å². The van der Waals surface area contributed by atoms with E-state index in [1.807, 2.05) is 0 Å². The van der Waals surface area contributed by atoms with Crippen molar-refractivity contribution in [3.63, 3.8) is 0 Å². The van der Waals surface area contributed by atoms with E-state index in [2.05, 4.69) is 4.72 Å². The highest BCUT2D eigenvalue weighted by atomic mass is 32.2. The number of rotatable bonds is 5. The van der Waals surface area contributed by atoms with Gasteiger partial charge in [0.15, 0.2) is 5.75 Å². The Morgan fingerprint density at radius 1 is 1.54 bits per heavy atom. The third-order valence-corrected chi connectivity index (χ3v) is 2.75. The first-order valence-electron chi connectivity index (χ1n) is 3.62. The molecular weight excluding hydrogens is 196 g/mol. The minimum atomic E-state index is -3.78. The average Bonchev–Trinajstić information content (AvgIpc) is 1.81. The third kappa shape index (κ3) is 5.56. The van der Waals surface area contributed by atoms with Gasteiger partial charge in [0.25, 0.3) is 0 Å². The van der Waals surface area contributed by atoms with Gasteiger partial charge >= 0.3 is 5.97 Å². The highest BCUT2D eigenvalue weighted by Gasteiger charge is 2.25. The van der Waals surface area contributed by atoms with Crippen molar-refractivity contribution in [2.45, 2.75) is 19.4 Å². The highest BCUT2D eigenvalue weighted by molar-refractivity contribution is 7.90. The summed E-state index contributed by atoms with van der Waals surface area (Å²) in [6.07, 6.45) is 0. The first-order chi connectivity index (χ1) is 5.68. The summed E-state index contributed by atoms with van der Waals surface area (Å²) in [6.45, 7) is 3.25. The molecule has 0 aliphatic heterocycles. The van der Waals surface area contributed by atoms with Gasteiger partial charge in [-0.15, -0.1) is 0 Å². The molecule has 0 aromatic carbocycles. The molecule has 0 aromatic heterocycles. The number of aliphatic carboxylic acids is 1. The van der Waals surface area contributed by atoms with Crippen LogP contribution in [0, 0.1) is 0 Å². The van der Waals surface area contributed by atoms with Crippen molar-refractivity contribution in [1.29, 1.82) is 0 Å². The van der Waals surface area contributed by atoms with Crippen LogP contribution in [0.4, 0.5) is 0 Å². The number of hydrogen-bond acceptors (Lipinski definition) is 4. The maximum Gasteiger partial charge on any atom is 0.320 e. The quantitative estimate of drug-likeness (QED) is 0.524. The van der Waals surface area contributed by atoms with Crippen LogP contribution in [0.2, 0.25) is 0 Å². The van der Waals surface area contributed by atoms with Crippen molar-refractivity contribution in [2.75, 3.05) is 12.3 Å². The molecule has 78 valence electrons. The van der Waals surface area contributed by atoms with Crippen LogP contribution in [0.5, 0.6) is 0 Å². The number of carbonyl (C=O) groups is 1. The summed E-state index contributed by atoms with van der Waals surface area (Å²) in [4.78, 5) is 10.1. The lowest BCUT2D eigenvalue weighted by atomic mass is 10.1. The Morgan fingerprint density at radius 3 is 2.31 bits per heavy atom. The van der Waals surface area contributed by atoms with Gasteiger partial charge in [0.1, 0.15) is 0 Å². The smallest absolute Gasteiger partial charge is 0.320 e. The fourth-order valence-electron chi connectivity index (χ4n) is 0.661. The molecule has 0 atom stereocenters. The molecule has 0 aliphatic carbocycles. The molecule has 0 amide bonds. The SMILES string of the molecule is CC(C)(CN)NS(=O)(=O)CC(=O)O. The zero-order valence-corrected chi connectivity index (χ0v) is 8.39. The van der Waals surface area contributed by atoms with E-state index in [0.29, 0.717) is 0 Å². The topological polar surface area (TPSA) is 109 Å². The summed E-state index contributed by atoms with van der Waals surface area (Å²) in [6, 6.07) is 0. The van der Waals surface area contributed by atoms with Gasteiger partial charge in [0.2, 0.25) is 10.0 Å². The predicted molar refractivity (Wildman–Crippen MR) is 47.7 cm³/mol. The van der Waals surface area contributed by atoms with Crippen molar-refractivity contribution in [2.24, 2.45) is 5.73 Å². The normalized spacial score (nSPS) is 12.8. The van der Waals surface area contributed by atoms with Crippen LogP contribution >= 0.6 is 0 Å². The first-order valence-corrected chi connectivity index (χ1v) is 5.27. The number of nitrogens with two attached hydrogens (primary N) is 1. The molecule has 7 heteroatoms. The first kappa shape index (κ1) is 12.3. The Balaban J connectivity index is 4.44. The summed E-state index contributed by atoms with van der Waals surface area (Å²) in [7, 11) is -3.78. The van der Waals surface area contributed by atoms with E-state index in [9.17, 15) is 13.2 Å². The fourth-order valence-corrected chi connectivity index (χ4v) is 1.98.